The van der Waals surface area contributed by atoms with Gasteiger partial charge < -0.3 is 10.2 Å². The fourth-order valence-electron chi connectivity index (χ4n) is 3.70. The van der Waals surface area contributed by atoms with Crippen molar-refractivity contribution in [3.8, 4) is 0 Å². The fourth-order valence-corrected chi connectivity index (χ4v) is 3.70. The van der Waals surface area contributed by atoms with Gasteiger partial charge in [0.05, 0.1) is 17.8 Å². The number of aromatic nitrogens is 3. The van der Waals surface area contributed by atoms with Crippen LogP contribution in [0.4, 0.5) is 30.5 Å². The normalized spacial score (nSPS) is 13.9. The summed E-state index contributed by atoms with van der Waals surface area (Å²) >= 11 is 0. The van der Waals surface area contributed by atoms with Crippen molar-refractivity contribution < 1.29 is 13.2 Å². The third kappa shape index (κ3) is 4.96. The van der Waals surface area contributed by atoms with E-state index in [1.807, 2.05) is 12.1 Å². The molecule has 1 aliphatic rings. The molecule has 2 aromatic heterocycles. The van der Waals surface area contributed by atoms with Crippen molar-refractivity contribution >= 4 is 29.7 Å². The van der Waals surface area contributed by atoms with Gasteiger partial charge in [-0.05, 0) is 41.7 Å². The van der Waals surface area contributed by atoms with Gasteiger partial charge in [-0.2, -0.15) is 13.2 Å². The van der Waals surface area contributed by atoms with Crippen LogP contribution in [0.1, 0.15) is 43.2 Å². The molecule has 0 bridgehead atoms. The van der Waals surface area contributed by atoms with Crippen molar-refractivity contribution in [3.05, 3.63) is 71.3 Å². The molecule has 0 atom stereocenters. The van der Waals surface area contributed by atoms with Crippen molar-refractivity contribution in [1.82, 2.24) is 15.0 Å². The van der Waals surface area contributed by atoms with Gasteiger partial charge in [-0.1, -0.05) is 32.9 Å². The highest BCUT2D eigenvalue weighted by molar-refractivity contribution is 5.85. The Kier molecular flexibility index (Phi) is 6.64. The first-order valence-corrected chi connectivity index (χ1v) is 10.1. The molecule has 9 heteroatoms. The van der Waals surface area contributed by atoms with E-state index in [2.05, 4.69) is 53.2 Å². The zero-order chi connectivity index (χ0) is 22.2. The van der Waals surface area contributed by atoms with E-state index in [1.165, 1.54) is 24.2 Å². The molecule has 32 heavy (non-hydrogen) atoms. The molecule has 170 valence electrons. The molecule has 0 saturated heterocycles. The smallest absolute Gasteiger partial charge is 0.350 e. The lowest BCUT2D eigenvalue weighted by atomic mass is 9.87. The quantitative estimate of drug-likeness (QED) is 0.522. The molecule has 0 aliphatic carbocycles. The average molecular weight is 464 g/mol. The second-order valence-electron chi connectivity index (χ2n) is 8.64. The van der Waals surface area contributed by atoms with Gasteiger partial charge in [0.1, 0.15) is 18.0 Å². The Labute approximate surface area is 191 Å². The molecule has 5 nitrogen and oxygen atoms in total. The van der Waals surface area contributed by atoms with E-state index in [9.17, 15) is 13.2 Å². The lowest BCUT2D eigenvalue weighted by Gasteiger charge is -2.31. The highest BCUT2D eigenvalue weighted by atomic mass is 35.5. The minimum Gasteiger partial charge on any atom is -0.350 e. The second kappa shape index (κ2) is 8.94. The first kappa shape index (κ1) is 23.8. The predicted octanol–water partition coefficient (Wildman–Crippen LogP) is 5.92. The van der Waals surface area contributed by atoms with Crippen molar-refractivity contribution in [3.63, 3.8) is 0 Å². The summed E-state index contributed by atoms with van der Waals surface area (Å²) in [7, 11) is 0. The van der Waals surface area contributed by atoms with E-state index in [-0.39, 0.29) is 30.2 Å². The van der Waals surface area contributed by atoms with E-state index in [1.54, 1.807) is 4.90 Å². The number of nitrogens with zero attached hydrogens (tertiary/aromatic N) is 4. The van der Waals surface area contributed by atoms with E-state index >= 15 is 0 Å². The Morgan fingerprint density at radius 1 is 0.969 bits per heavy atom. The molecule has 0 spiro atoms. The lowest BCUT2D eigenvalue weighted by Crippen LogP contribution is -2.34. The fraction of sp³-hybridized carbons (Fsp3) is 0.348. The minimum atomic E-state index is -4.46. The summed E-state index contributed by atoms with van der Waals surface area (Å²) in [6.07, 6.45) is -1.11. The summed E-state index contributed by atoms with van der Waals surface area (Å²) in [5, 5.41) is 3.34. The highest BCUT2D eigenvalue weighted by Gasteiger charge is 2.36. The van der Waals surface area contributed by atoms with Gasteiger partial charge in [-0.25, -0.2) is 15.0 Å². The van der Waals surface area contributed by atoms with Gasteiger partial charge in [-0.15, -0.1) is 12.4 Å². The summed E-state index contributed by atoms with van der Waals surface area (Å²) < 4.78 is 40.2. The summed E-state index contributed by atoms with van der Waals surface area (Å²) in [5.41, 5.74) is 3.09. The van der Waals surface area contributed by atoms with Gasteiger partial charge in [0, 0.05) is 24.0 Å². The molecule has 0 saturated carbocycles. The average Bonchev–Trinajstić information content (AvgIpc) is 2.73. The van der Waals surface area contributed by atoms with Crippen molar-refractivity contribution in [2.45, 2.75) is 45.3 Å². The largest absolute Gasteiger partial charge is 0.419 e. The Balaban J connectivity index is 0.00000289. The summed E-state index contributed by atoms with van der Waals surface area (Å²) in [5.74, 6) is 0.622. The van der Waals surface area contributed by atoms with Crippen LogP contribution in [0.25, 0.3) is 0 Å². The van der Waals surface area contributed by atoms with Crippen LogP contribution in [0.3, 0.4) is 0 Å². The number of hydrogen-bond donors (Lipinski definition) is 1. The summed E-state index contributed by atoms with van der Waals surface area (Å²) in [6.45, 7) is 7.13. The maximum absolute atomic E-state index is 13.4. The van der Waals surface area contributed by atoms with Crippen LogP contribution in [0.15, 0.2) is 48.9 Å². The molecule has 0 radical (unpaired) electrons. The summed E-state index contributed by atoms with van der Waals surface area (Å²) in [4.78, 5) is 14.3. The predicted molar refractivity (Wildman–Crippen MR) is 122 cm³/mol. The summed E-state index contributed by atoms with van der Waals surface area (Å²) in [6, 6.07) is 10.5. The molecule has 0 unspecified atom stereocenters. The monoisotopic (exact) mass is 463 g/mol. The van der Waals surface area contributed by atoms with Crippen LogP contribution in [0.5, 0.6) is 0 Å². The van der Waals surface area contributed by atoms with Gasteiger partial charge in [0.25, 0.3) is 0 Å². The molecule has 3 aromatic rings. The number of benzene rings is 1. The molecular weight excluding hydrogens is 439 g/mol. The number of alkyl halides is 3. The Morgan fingerprint density at radius 2 is 1.69 bits per heavy atom. The first-order valence-electron chi connectivity index (χ1n) is 10.1. The maximum Gasteiger partial charge on any atom is 0.419 e. The van der Waals surface area contributed by atoms with Gasteiger partial charge >= 0.3 is 6.18 Å². The number of rotatable bonds is 3. The SMILES string of the molecule is CC(C)(C)c1ccc(Nc2ncnc3c2CCN(c2ncccc2C(F)(F)F)C3)cc1.Cl. The van der Waals surface area contributed by atoms with Crippen molar-refractivity contribution in [1.29, 1.82) is 0 Å². The maximum atomic E-state index is 13.4. The minimum absolute atomic E-state index is 0. The molecule has 1 aliphatic heterocycles. The second-order valence-corrected chi connectivity index (χ2v) is 8.64. The van der Waals surface area contributed by atoms with Crippen molar-refractivity contribution in [2.24, 2.45) is 0 Å². The van der Waals surface area contributed by atoms with Crippen LogP contribution in [-0.2, 0) is 24.6 Å². The lowest BCUT2D eigenvalue weighted by molar-refractivity contribution is -0.137. The first-order chi connectivity index (χ1) is 14.6. The number of halogens is 4. The van der Waals surface area contributed by atoms with Gasteiger partial charge in [0.2, 0.25) is 0 Å². The van der Waals surface area contributed by atoms with Crippen LogP contribution in [0, 0.1) is 0 Å². The molecule has 1 aromatic carbocycles. The van der Waals surface area contributed by atoms with E-state index < -0.39 is 11.7 Å². The Hall–Kier alpha value is -2.87. The van der Waals surface area contributed by atoms with E-state index in [4.69, 9.17) is 0 Å². The van der Waals surface area contributed by atoms with Crippen LogP contribution in [-0.4, -0.2) is 21.5 Å². The van der Waals surface area contributed by atoms with Crippen LogP contribution >= 0.6 is 12.4 Å². The number of hydrogen-bond acceptors (Lipinski definition) is 5. The molecule has 0 amide bonds. The zero-order valence-corrected chi connectivity index (χ0v) is 18.9. The molecule has 0 fully saturated rings. The number of nitrogens with one attached hydrogen (secondary N) is 1. The highest BCUT2D eigenvalue weighted by Crippen LogP contribution is 2.37. The standard InChI is InChI=1S/C23H24F3N5.ClH/c1-22(2,3)15-6-8-16(9-7-15)30-20-17-10-12-31(13-19(17)28-14-29-20)21-18(23(24,25)26)5-4-11-27-21;/h4-9,11,14H,10,12-13H2,1-3H3,(H,28,29,30);1H. The number of fused-ring (bicyclic) bond motifs is 1. The third-order valence-electron chi connectivity index (χ3n) is 5.41. The Bertz CT molecular complexity index is 1080. The van der Waals surface area contributed by atoms with Crippen molar-refractivity contribution in [2.75, 3.05) is 16.8 Å². The molecule has 1 N–H and O–H groups in total. The van der Waals surface area contributed by atoms with Gasteiger partial charge in [-0.3, -0.25) is 0 Å². The zero-order valence-electron chi connectivity index (χ0n) is 18.1. The van der Waals surface area contributed by atoms with E-state index in [0.717, 1.165) is 17.3 Å². The number of anilines is 3. The van der Waals surface area contributed by atoms with Crippen LogP contribution < -0.4 is 10.2 Å². The van der Waals surface area contributed by atoms with Gasteiger partial charge in [0.15, 0.2) is 0 Å². The van der Waals surface area contributed by atoms with Crippen LogP contribution in [0.2, 0.25) is 0 Å². The third-order valence-corrected chi connectivity index (χ3v) is 5.41. The molecule has 3 heterocycles. The molecular formula is C23H25ClF3N5. The number of pyridine rings is 1. The topological polar surface area (TPSA) is 53.9 Å². The van der Waals surface area contributed by atoms with E-state index in [0.29, 0.717) is 24.5 Å². The molecule has 4 rings (SSSR count). The Morgan fingerprint density at radius 3 is 2.34 bits per heavy atom.